The highest BCUT2D eigenvalue weighted by molar-refractivity contribution is 5.72. The van der Waals surface area contributed by atoms with Crippen LogP contribution in [-0.2, 0) is 0 Å². The number of aliphatic hydroxyl groups excluding tert-OH is 1. The van der Waals surface area contributed by atoms with E-state index < -0.39 is 0 Å². The lowest BCUT2D eigenvalue weighted by Gasteiger charge is -2.35. The summed E-state index contributed by atoms with van der Waals surface area (Å²) < 4.78 is 0. The van der Waals surface area contributed by atoms with Crippen molar-refractivity contribution in [3.05, 3.63) is 58.7 Å². The zero-order chi connectivity index (χ0) is 17.5. The molecular formula is C20H29NO2. The minimum absolute atomic E-state index is 0.0112. The number of nitrogens with zero attached hydrogens (tertiary/aromatic N) is 1. The SMILES string of the molecule is CC1=C(/C=C/C(C)=C/C=C\C(C)=C\C=N\O)C(C)(C)CC(O)C1. The molecule has 2 N–H and O–H groups in total. The van der Waals surface area contributed by atoms with Gasteiger partial charge in [0.2, 0.25) is 0 Å². The van der Waals surface area contributed by atoms with Gasteiger partial charge in [-0.1, -0.05) is 60.5 Å². The number of hydrogen-bond donors (Lipinski definition) is 2. The molecule has 23 heavy (non-hydrogen) atoms. The maximum Gasteiger partial charge on any atom is 0.0664 e. The van der Waals surface area contributed by atoms with Crippen LogP contribution in [-0.4, -0.2) is 22.6 Å². The predicted molar refractivity (Wildman–Crippen MR) is 97.8 cm³/mol. The molecule has 1 unspecified atom stereocenters. The van der Waals surface area contributed by atoms with Gasteiger partial charge in [-0.25, -0.2) is 0 Å². The van der Waals surface area contributed by atoms with Gasteiger partial charge in [0.15, 0.2) is 0 Å². The summed E-state index contributed by atoms with van der Waals surface area (Å²) in [6, 6.07) is 0. The van der Waals surface area contributed by atoms with E-state index in [1.807, 2.05) is 25.2 Å². The molecule has 1 atom stereocenters. The summed E-state index contributed by atoms with van der Waals surface area (Å²) in [4.78, 5) is 0. The van der Waals surface area contributed by atoms with Crippen LogP contribution < -0.4 is 0 Å². The first-order chi connectivity index (χ1) is 10.8. The Morgan fingerprint density at radius 1 is 1.17 bits per heavy atom. The zero-order valence-electron chi connectivity index (χ0n) is 14.9. The third-order valence-electron chi connectivity index (χ3n) is 4.11. The first-order valence-electron chi connectivity index (χ1n) is 8.02. The van der Waals surface area contributed by atoms with Gasteiger partial charge in [0.25, 0.3) is 0 Å². The lowest BCUT2D eigenvalue weighted by molar-refractivity contribution is 0.116. The Bertz CT molecular complexity index is 587. The van der Waals surface area contributed by atoms with E-state index in [1.54, 1.807) is 6.08 Å². The summed E-state index contributed by atoms with van der Waals surface area (Å²) in [7, 11) is 0. The molecule has 0 spiro atoms. The van der Waals surface area contributed by atoms with Crippen molar-refractivity contribution in [2.24, 2.45) is 10.6 Å². The second-order valence-corrected chi connectivity index (χ2v) is 6.92. The van der Waals surface area contributed by atoms with Crippen LogP contribution in [0.3, 0.4) is 0 Å². The number of aliphatic hydroxyl groups is 1. The molecular weight excluding hydrogens is 286 g/mol. The number of rotatable bonds is 5. The fraction of sp³-hybridized carbons (Fsp3) is 0.450. The van der Waals surface area contributed by atoms with Gasteiger partial charge in [-0.3, -0.25) is 0 Å². The number of oxime groups is 1. The molecule has 0 bridgehead atoms. The van der Waals surface area contributed by atoms with Gasteiger partial charge >= 0.3 is 0 Å². The van der Waals surface area contributed by atoms with Crippen molar-refractivity contribution >= 4 is 6.21 Å². The van der Waals surface area contributed by atoms with Crippen LogP contribution in [0.1, 0.15) is 47.5 Å². The Kier molecular flexibility index (Phi) is 7.24. The first kappa shape index (κ1) is 19.2. The topological polar surface area (TPSA) is 52.8 Å². The fourth-order valence-electron chi connectivity index (χ4n) is 3.01. The summed E-state index contributed by atoms with van der Waals surface area (Å²) in [5, 5.41) is 21.2. The standard InChI is InChI=1S/C20H29NO2/c1-15(7-6-8-16(2)11-12-21-23)9-10-19-17(3)13-18(22)14-20(19,4)5/h6-12,18,22-23H,13-14H2,1-5H3/b8-6-,10-9+,15-7+,16-11+,21-12+. The molecule has 0 aromatic rings. The van der Waals surface area contributed by atoms with Crippen LogP contribution in [0.2, 0.25) is 0 Å². The van der Waals surface area contributed by atoms with Gasteiger partial charge in [0.05, 0.1) is 12.3 Å². The van der Waals surface area contributed by atoms with Gasteiger partial charge in [0, 0.05) is 0 Å². The number of allylic oxidation sites excluding steroid dienone is 9. The van der Waals surface area contributed by atoms with Gasteiger partial charge in [-0.05, 0) is 56.3 Å². The molecule has 0 aromatic heterocycles. The van der Waals surface area contributed by atoms with E-state index in [2.05, 4.69) is 45.0 Å². The minimum Gasteiger partial charge on any atom is -0.411 e. The van der Waals surface area contributed by atoms with Crippen molar-refractivity contribution in [2.75, 3.05) is 0 Å². The Balaban J connectivity index is 2.82. The Morgan fingerprint density at radius 2 is 1.83 bits per heavy atom. The molecule has 0 saturated heterocycles. The smallest absolute Gasteiger partial charge is 0.0664 e. The molecule has 126 valence electrons. The van der Waals surface area contributed by atoms with Gasteiger partial charge in [-0.2, -0.15) is 0 Å². The monoisotopic (exact) mass is 315 g/mol. The van der Waals surface area contributed by atoms with Gasteiger partial charge in [-0.15, -0.1) is 0 Å². The van der Waals surface area contributed by atoms with E-state index >= 15 is 0 Å². The quantitative estimate of drug-likeness (QED) is 0.326. The van der Waals surface area contributed by atoms with Crippen LogP contribution in [0.5, 0.6) is 0 Å². The van der Waals surface area contributed by atoms with Gasteiger partial charge in [0.1, 0.15) is 0 Å². The molecule has 0 radical (unpaired) electrons. The molecule has 1 aliphatic carbocycles. The second-order valence-electron chi connectivity index (χ2n) is 6.92. The maximum atomic E-state index is 9.93. The molecule has 1 aliphatic rings. The van der Waals surface area contributed by atoms with Crippen molar-refractivity contribution < 1.29 is 10.3 Å². The Hall–Kier alpha value is -1.87. The summed E-state index contributed by atoms with van der Waals surface area (Å²) >= 11 is 0. The van der Waals surface area contributed by atoms with Crippen LogP contribution in [0.4, 0.5) is 0 Å². The normalized spacial score (nSPS) is 23.7. The molecule has 0 heterocycles. The molecule has 0 amide bonds. The van der Waals surface area contributed by atoms with E-state index in [0.717, 1.165) is 24.0 Å². The first-order valence-corrected chi connectivity index (χ1v) is 8.02. The molecule has 0 aliphatic heterocycles. The Morgan fingerprint density at radius 3 is 2.43 bits per heavy atom. The third-order valence-corrected chi connectivity index (χ3v) is 4.11. The highest BCUT2D eigenvalue weighted by Crippen LogP contribution is 2.40. The van der Waals surface area contributed by atoms with Crippen molar-refractivity contribution in [3.8, 4) is 0 Å². The van der Waals surface area contributed by atoms with Crippen LogP contribution in [0, 0.1) is 5.41 Å². The Labute approximate surface area is 140 Å². The lowest BCUT2D eigenvalue weighted by atomic mass is 9.71. The summed E-state index contributed by atoms with van der Waals surface area (Å²) in [5.41, 5.74) is 4.78. The van der Waals surface area contributed by atoms with Crippen molar-refractivity contribution in [2.45, 2.75) is 53.6 Å². The average Bonchev–Trinajstić information content (AvgIpc) is 2.43. The molecule has 3 nitrogen and oxygen atoms in total. The highest BCUT2D eigenvalue weighted by Gasteiger charge is 2.31. The second kappa shape index (κ2) is 8.68. The molecule has 1 rings (SSSR count). The molecule has 3 heteroatoms. The molecule has 0 aromatic carbocycles. The molecule has 0 fully saturated rings. The fourth-order valence-corrected chi connectivity index (χ4v) is 3.01. The van der Waals surface area contributed by atoms with Crippen molar-refractivity contribution in [1.82, 2.24) is 0 Å². The minimum atomic E-state index is -0.223. The van der Waals surface area contributed by atoms with E-state index in [-0.39, 0.29) is 11.5 Å². The van der Waals surface area contributed by atoms with E-state index in [4.69, 9.17) is 5.21 Å². The number of hydrogen-bond acceptors (Lipinski definition) is 3. The summed E-state index contributed by atoms with van der Waals surface area (Å²) in [5.74, 6) is 0. The lowest BCUT2D eigenvalue weighted by Crippen LogP contribution is -2.28. The van der Waals surface area contributed by atoms with Crippen LogP contribution >= 0.6 is 0 Å². The van der Waals surface area contributed by atoms with Gasteiger partial charge < -0.3 is 10.3 Å². The zero-order valence-corrected chi connectivity index (χ0v) is 14.9. The van der Waals surface area contributed by atoms with Crippen LogP contribution in [0.15, 0.2) is 63.9 Å². The van der Waals surface area contributed by atoms with Crippen molar-refractivity contribution in [1.29, 1.82) is 0 Å². The van der Waals surface area contributed by atoms with E-state index in [1.165, 1.54) is 17.4 Å². The molecule has 0 saturated carbocycles. The van der Waals surface area contributed by atoms with Crippen molar-refractivity contribution in [3.63, 3.8) is 0 Å². The van der Waals surface area contributed by atoms with Crippen LogP contribution in [0.25, 0.3) is 0 Å². The summed E-state index contributed by atoms with van der Waals surface area (Å²) in [6.07, 6.45) is 14.7. The highest BCUT2D eigenvalue weighted by atomic mass is 16.4. The summed E-state index contributed by atoms with van der Waals surface area (Å²) in [6.45, 7) is 10.5. The predicted octanol–water partition coefficient (Wildman–Crippen LogP) is 4.95. The third kappa shape index (κ3) is 6.41. The van der Waals surface area contributed by atoms with E-state index in [0.29, 0.717) is 0 Å². The van der Waals surface area contributed by atoms with E-state index in [9.17, 15) is 5.11 Å². The largest absolute Gasteiger partial charge is 0.411 e. The maximum absolute atomic E-state index is 9.93. The average molecular weight is 315 g/mol.